The van der Waals surface area contributed by atoms with Gasteiger partial charge in [0.2, 0.25) is 0 Å². The summed E-state index contributed by atoms with van der Waals surface area (Å²) >= 11 is 0. The van der Waals surface area contributed by atoms with Crippen LogP contribution in [0, 0.1) is 6.92 Å². The molecule has 2 aromatic heterocycles. The molecule has 0 aromatic carbocycles. The van der Waals surface area contributed by atoms with Gasteiger partial charge in [-0.05, 0) is 13.8 Å². The summed E-state index contributed by atoms with van der Waals surface area (Å²) in [6.07, 6.45) is -3.38. The molecule has 0 amide bonds. The minimum Gasteiger partial charge on any atom is -0.311 e. The van der Waals surface area contributed by atoms with Crippen molar-refractivity contribution in [3.05, 3.63) is 23.9 Å². The molecule has 0 saturated heterocycles. The molecule has 0 fully saturated rings. The Labute approximate surface area is 94.5 Å². The maximum Gasteiger partial charge on any atom is 0.413 e. The van der Waals surface area contributed by atoms with E-state index in [1.165, 1.54) is 12.4 Å². The van der Waals surface area contributed by atoms with Crippen molar-refractivity contribution in [1.82, 2.24) is 19.6 Å². The van der Waals surface area contributed by atoms with Crippen LogP contribution in [0.2, 0.25) is 0 Å². The number of nitrogens with two attached hydrogens (primary N) is 1. The van der Waals surface area contributed by atoms with E-state index in [4.69, 9.17) is 5.73 Å². The zero-order chi connectivity index (χ0) is 12.8. The topological polar surface area (TPSA) is 69.1 Å². The first kappa shape index (κ1) is 11.8. The maximum atomic E-state index is 12.8. The summed E-state index contributed by atoms with van der Waals surface area (Å²) in [5.74, 6) is -0.382. The van der Waals surface area contributed by atoms with Crippen molar-refractivity contribution in [2.45, 2.75) is 25.6 Å². The highest BCUT2D eigenvalue weighted by Gasteiger charge is 2.52. The fourth-order valence-corrected chi connectivity index (χ4v) is 1.37. The molecule has 0 bridgehead atoms. The fraction of sp³-hybridized carbons (Fsp3) is 0.444. The molecule has 92 valence electrons. The molecule has 5 nitrogen and oxygen atoms in total. The van der Waals surface area contributed by atoms with Gasteiger partial charge in [0.25, 0.3) is 0 Å². The van der Waals surface area contributed by atoms with E-state index in [2.05, 4.69) is 15.2 Å². The Bertz CT molecular complexity index is 557. The van der Waals surface area contributed by atoms with E-state index < -0.39 is 11.7 Å². The van der Waals surface area contributed by atoms with Crippen molar-refractivity contribution < 1.29 is 13.2 Å². The molecule has 0 aliphatic carbocycles. The van der Waals surface area contributed by atoms with Crippen molar-refractivity contribution in [2.75, 3.05) is 0 Å². The van der Waals surface area contributed by atoms with Gasteiger partial charge in [-0.3, -0.25) is 4.40 Å². The number of halogens is 3. The summed E-state index contributed by atoms with van der Waals surface area (Å²) in [7, 11) is 0. The summed E-state index contributed by atoms with van der Waals surface area (Å²) < 4.78 is 39.5. The van der Waals surface area contributed by atoms with Crippen molar-refractivity contribution >= 4 is 5.65 Å². The average Bonchev–Trinajstić information content (AvgIpc) is 2.58. The summed E-state index contributed by atoms with van der Waals surface area (Å²) in [4.78, 5) is 3.90. The Balaban J connectivity index is 2.65. The molecule has 2 rings (SSSR count). The Morgan fingerprint density at radius 1 is 1.29 bits per heavy atom. The SMILES string of the molecule is Cc1cc2nnc(C(C)(N)C(F)(F)F)n2cn1. The van der Waals surface area contributed by atoms with Gasteiger partial charge in [-0.25, -0.2) is 4.98 Å². The van der Waals surface area contributed by atoms with Gasteiger partial charge in [0.1, 0.15) is 6.33 Å². The molecular formula is C9H10F3N5. The van der Waals surface area contributed by atoms with Gasteiger partial charge < -0.3 is 5.73 Å². The molecule has 17 heavy (non-hydrogen) atoms. The smallest absolute Gasteiger partial charge is 0.311 e. The number of fused-ring (bicyclic) bond motifs is 1. The molecular weight excluding hydrogens is 235 g/mol. The van der Waals surface area contributed by atoms with Gasteiger partial charge in [0, 0.05) is 11.8 Å². The highest BCUT2D eigenvalue weighted by molar-refractivity contribution is 5.39. The van der Waals surface area contributed by atoms with Gasteiger partial charge in [0.05, 0.1) is 0 Å². The van der Waals surface area contributed by atoms with Gasteiger partial charge in [-0.15, -0.1) is 10.2 Å². The van der Waals surface area contributed by atoms with Crippen LogP contribution in [0.15, 0.2) is 12.4 Å². The normalized spacial score (nSPS) is 16.1. The van der Waals surface area contributed by atoms with Gasteiger partial charge in [0.15, 0.2) is 17.0 Å². The lowest BCUT2D eigenvalue weighted by molar-refractivity contribution is -0.186. The predicted molar refractivity (Wildman–Crippen MR) is 53.1 cm³/mol. The van der Waals surface area contributed by atoms with Crippen molar-refractivity contribution in [2.24, 2.45) is 5.73 Å². The standard InChI is InChI=1S/C9H10F3N5/c1-5-3-6-15-16-7(17(6)4-14-5)8(2,13)9(10,11)12/h3-4H,13H2,1-2H3. The first-order chi connectivity index (χ1) is 7.73. The van der Waals surface area contributed by atoms with Crippen LogP contribution in [0.4, 0.5) is 13.2 Å². The number of nitrogens with zero attached hydrogens (tertiary/aromatic N) is 4. The second kappa shape index (κ2) is 3.39. The van der Waals surface area contributed by atoms with Gasteiger partial charge in [-0.1, -0.05) is 0 Å². The van der Waals surface area contributed by atoms with E-state index in [1.807, 2.05) is 0 Å². The molecule has 0 radical (unpaired) electrons. The monoisotopic (exact) mass is 245 g/mol. The third-order valence-electron chi connectivity index (χ3n) is 2.49. The largest absolute Gasteiger partial charge is 0.413 e. The van der Waals surface area contributed by atoms with Crippen molar-refractivity contribution in [3.8, 4) is 0 Å². The number of rotatable bonds is 1. The van der Waals surface area contributed by atoms with Crippen LogP contribution in [-0.4, -0.2) is 25.8 Å². The highest BCUT2D eigenvalue weighted by Crippen LogP contribution is 2.35. The molecule has 2 aromatic rings. The van der Waals surface area contributed by atoms with Crippen LogP contribution in [0.1, 0.15) is 18.4 Å². The Morgan fingerprint density at radius 3 is 2.53 bits per heavy atom. The number of hydrogen-bond acceptors (Lipinski definition) is 4. The summed E-state index contributed by atoms with van der Waals surface area (Å²) in [6.45, 7) is 2.56. The van der Waals surface area contributed by atoms with E-state index in [-0.39, 0.29) is 11.5 Å². The van der Waals surface area contributed by atoms with Crippen LogP contribution in [0.3, 0.4) is 0 Å². The van der Waals surface area contributed by atoms with Gasteiger partial charge in [-0.2, -0.15) is 13.2 Å². The second-order valence-corrected chi connectivity index (χ2v) is 3.98. The van der Waals surface area contributed by atoms with Gasteiger partial charge >= 0.3 is 6.18 Å². The van der Waals surface area contributed by atoms with Crippen LogP contribution in [0.25, 0.3) is 5.65 Å². The number of alkyl halides is 3. The fourth-order valence-electron chi connectivity index (χ4n) is 1.37. The number of aromatic nitrogens is 4. The summed E-state index contributed by atoms with van der Waals surface area (Å²) in [5.41, 5.74) is 3.65. The molecule has 2 heterocycles. The highest BCUT2D eigenvalue weighted by atomic mass is 19.4. The molecule has 0 spiro atoms. The lowest BCUT2D eigenvalue weighted by atomic mass is 10.0. The summed E-state index contributed by atoms with van der Waals surface area (Å²) in [5, 5.41) is 7.15. The Kier molecular flexibility index (Phi) is 2.35. The second-order valence-electron chi connectivity index (χ2n) is 3.98. The molecule has 8 heteroatoms. The first-order valence-corrected chi connectivity index (χ1v) is 4.77. The molecule has 1 atom stereocenters. The minimum absolute atomic E-state index is 0.286. The Morgan fingerprint density at radius 2 is 1.94 bits per heavy atom. The zero-order valence-corrected chi connectivity index (χ0v) is 9.15. The Hall–Kier alpha value is -1.70. The quantitative estimate of drug-likeness (QED) is 0.818. The average molecular weight is 245 g/mol. The molecule has 1 unspecified atom stereocenters. The molecule has 0 saturated carbocycles. The van der Waals surface area contributed by atoms with E-state index in [9.17, 15) is 13.2 Å². The molecule has 2 N–H and O–H groups in total. The number of hydrogen-bond donors (Lipinski definition) is 1. The third kappa shape index (κ3) is 1.74. The third-order valence-corrected chi connectivity index (χ3v) is 2.49. The van der Waals surface area contributed by atoms with E-state index >= 15 is 0 Å². The number of aryl methyl sites for hydroxylation is 1. The van der Waals surface area contributed by atoms with Crippen LogP contribution < -0.4 is 5.73 Å². The molecule has 0 aliphatic heterocycles. The van der Waals surface area contributed by atoms with Crippen LogP contribution >= 0.6 is 0 Å². The first-order valence-electron chi connectivity index (χ1n) is 4.77. The summed E-state index contributed by atoms with van der Waals surface area (Å²) in [6, 6.07) is 1.53. The van der Waals surface area contributed by atoms with E-state index in [0.29, 0.717) is 5.69 Å². The van der Waals surface area contributed by atoms with Crippen molar-refractivity contribution in [3.63, 3.8) is 0 Å². The lowest BCUT2D eigenvalue weighted by Crippen LogP contribution is -2.49. The molecule has 0 aliphatic rings. The van der Waals surface area contributed by atoms with Crippen LogP contribution in [0.5, 0.6) is 0 Å². The zero-order valence-electron chi connectivity index (χ0n) is 9.15. The lowest BCUT2D eigenvalue weighted by Gasteiger charge is -2.25. The maximum absolute atomic E-state index is 12.8. The predicted octanol–water partition coefficient (Wildman–Crippen LogP) is 1.17. The van der Waals surface area contributed by atoms with Crippen molar-refractivity contribution in [1.29, 1.82) is 0 Å². The van der Waals surface area contributed by atoms with Crippen LogP contribution in [-0.2, 0) is 5.54 Å². The van der Waals surface area contributed by atoms with E-state index in [1.54, 1.807) is 6.92 Å². The van der Waals surface area contributed by atoms with E-state index in [0.717, 1.165) is 11.3 Å². The minimum atomic E-state index is -4.61.